The molecule has 4 heteroatoms. The summed E-state index contributed by atoms with van der Waals surface area (Å²) in [4.78, 5) is 6.64. The number of nitrogens with one attached hydrogen (secondary N) is 1. The number of rotatable bonds is 8. The van der Waals surface area contributed by atoms with Gasteiger partial charge in [0, 0.05) is 32.4 Å². The topological polar surface area (TPSA) is 28.2 Å². The van der Waals surface area contributed by atoms with E-state index in [9.17, 15) is 0 Å². The Morgan fingerprint density at radius 3 is 2.89 bits per heavy atom. The summed E-state index contributed by atoms with van der Waals surface area (Å²) in [6.45, 7) is 4.13. The summed E-state index contributed by atoms with van der Waals surface area (Å²) in [6, 6.07) is 2.82. The van der Waals surface area contributed by atoms with E-state index in [1.165, 1.54) is 32.1 Å². The fraction of sp³-hybridized carbons (Fsp3) is 0.667. The van der Waals surface area contributed by atoms with Crippen LogP contribution in [0.1, 0.15) is 44.6 Å². The van der Waals surface area contributed by atoms with Crippen LogP contribution >= 0.6 is 11.6 Å². The molecule has 3 nitrogen and oxygen atoms in total. The third-order valence-corrected chi connectivity index (χ3v) is 3.91. The molecule has 0 spiro atoms. The molecule has 0 bridgehead atoms. The molecule has 2 rings (SSSR count). The molecule has 1 saturated carbocycles. The van der Waals surface area contributed by atoms with E-state index < -0.39 is 0 Å². The fourth-order valence-corrected chi connectivity index (χ4v) is 2.24. The van der Waals surface area contributed by atoms with Gasteiger partial charge >= 0.3 is 0 Å². The first-order valence-electron chi connectivity index (χ1n) is 7.29. The quantitative estimate of drug-likeness (QED) is 0.738. The third kappa shape index (κ3) is 4.66. The van der Waals surface area contributed by atoms with Crippen molar-refractivity contribution in [3.05, 3.63) is 22.8 Å². The highest BCUT2D eigenvalue weighted by Crippen LogP contribution is 2.23. The van der Waals surface area contributed by atoms with Crippen LogP contribution in [0.4, 0.5) is 5.82 Å². The molecule has 19 heavy (non-hydrogen) atoms. The van der Waals surface area contributed by atoms with Gasteiger partial charge in [-0.3, -0.25) is 0 Å². The van der Waals surface area contributed by atoms with Gasteiger partial charge in [0.2, 0.25) is 0 Å². The first-order chi connectivity index (χ1) is 9.20. The van der Waals surface area contributed by atoms with Gasteiger partial charge in [-0.05, 0) is 30.9 Å². The SMILES string of the molecule is CCCCCN(C)c1cc(CNC2CC2)c(Cl)cn1. The summed E-state index contributed by atoms with van der Waals surface area (Å²) in [6.07, 6.45) is 8.11. The summed E-state index contributed by atoms with van der Waals surface area (Å²) in [7, 11) is 2.10. The lowest BCUT2D eigenvalue weighted by Gasteiger charge is -2.19. The molecule has 0 saturated heterocycles. The zero-order valence-electron chi connectivity index (χ0n) is 12.0. The average Bonchev–Trinajstić information content (AvgIpc) is 3.22. The zero-order valence-corrected chi connectivity index (χ0v) is 12.7. The maximum atomic E-state index is 6.21. The minimum Gasteiger partial charge on any atom is -0.360 e. The molecule has 0 aliphatic heterocycles. The maximum absolute atomic E-state index is 6.21. The monoisotopic (exact) mass is 281 g/mol. The van der Waals surface area contributed by atoms with E-state index in [4.69, 9.17) is 11.6 Å². The number of pyridine rings is 1. The summed E-state index contributed by atoms with van der Waals surface area (Å²) in [5.74, 6) is 1.02. The molecule has 1 fully saturated rings. The minimum atomic E-state index is 0.704. The van der Waals surface area contributed by atoms with Crippen molar-refractivity contribution in [2.24, 2.45) is 0 Å². The number of anilines is 1. The van der Waals surface area contributed by atoms with E-state index in [0.717, 1.165) is 29.5 Å². The van der Waals surface area contributed by atoms with Crippen molar-refractivity contribution in [1.29, 1.82) is 0 Å². The molecule has 0 radical (unpaired) electrons. The van der Waals surface area contributed by atoms with Crippen LogP contribution < -0.4 is 10.2 Å². The van der Waals surface area contributed by atoms with Gasteiger partial charge in [0.15, 0.2) is 0 Å². The van der Waals surface area contributed by atoms with E-state index in [1.54, 1.807) is 6.20 Å². The van der Waals surface area contributed by atoms with Gasteiger partial charge in [-0.15, -0.1) is 0 Å². The van der Waals surface area contributed by atoms with Crippen LogP contribution in [0.15, 0.2) is 12.3 Å². The zero-order chi connectivity index (χ0) is 13.7. The smallest absolute Gasteiger partial charge is 0.128 e. The Labute approximate surface area is 121 Å². The van der Waals surface area contributed by atoms with Crippen LogP contribution in [0.25, 0.3) is 0 Å². The number of hydrogen-bond donors (Lipinski definition) is 1. The van der Waals surface area contributed by atoms with Crippen molar-refractivity contribution in [3.8, 4) is 0 Å². The largest absolute Gasteiger partial charge is 0.360 e. The second kappa shape index (κ2) is 7.11. The molecule has 1 heterocycles. The van der Waals surface area contributed by atoms with Gasteiger partial charge in [0.1, 0.15) is 5.82 Å². The van der Waals surface area contributed by atoms with E-state index in [1.807, 2.05) is 0 Å². The standard InChI is InChI=1S/C15H24ClN3/c1-3-4-5-8-19(2)15-9-12(14(16)11-18-15)10-17-13-6-7-13/h9,11,13,17H,3-8,10H2,1-2H3. The Morgan fingerprint density at radius 1 is 1.42 bits per heavy atom. The number of unbranched alkanes of at least 4 members (excludes halogenated alkanes) is 2. The summed E-state index contributed by atoms with van der Waals surface area (Å²) < 4.78 is 0. The molecular formula is C15H24ClN3. The second-order valence-corrected chi connectivity index (χ2v) is 5.82. The number of nitrogens with zero attached hydrogens (tertiary/aromatic N) is 2. The van der Waals surface area contributed by atoms with Crippen LogP contribution in [0.2, 0.25) is 5.02 Å². The van der Waals surface area contributed by atoms with E-state index >= 15 is 0 Å². The Bertz CT molecular complexity index is 404. The van der Waals surface area contributed by atoms with Crippen LogP contribution in [0.3, 0.4) is 0 Å². The van der Waals surface area contributed by atoms with Gasteiger partial charge in [0.05, 0.1) is 5.02 Å². The van der Waals surface area contributed by atoms with E-state index in [-0.39, 0.29) is 0 Å². The Morgan fingerprint density at radius 2 is 2.21 bits per heavy atom. The Hall–Kier alpha value is -0.800. The molecule has 106 valence electrons. The van der Waals surface area contributed by atoms with Crippen molar-refractivity contribution in [2.75, 3.05) is 18.5 Å². The molecule has 1 aromatic heterocycles. The van der Waals surface area contributed by atoms with Crippen molar-refractivity contribution in [3.63, 3.8) is 0 Å². The van der Waals surface area contributed by atoms with Crippen molar-refractivity contribution in [1.82, 2.24) is 10.3 Å². The summed E-state index contributed by atoms with van der Waals surface area (Å²) in [5.41, 5.74) is 1.15. The second-order valence-electron chi connectivity index (χ2n) is 5.42. The van der Waals surface area contributed by atoms with Crippen LogP contribution in [0.5, 0.6) is 0 Å². The highest BCUT2D eigenvalue weighted by Gasteiger charge is 2.20. The van der Waals surface area contributed by atoms with Crippen molar-refractivity contribution < 1.29 is 0 Å². The summed E-state index contributed by atoms with van der Waals surface area (Å²) >= 11 is 6.21. The van der Waals surface area contributed by atoms with Gasteiger partial charge in [-0.25, -0.2) is 4.98 Å². The predicted octanol–water partition coefficient (Wildman–Crippen LogP) is 3.61. The predicted molar refractivity (Wildman–Crippen MR) is 81.9 cm³/mol. The van der Waals surface area contributed by atoms with Gasteiger partial charge < -0.3 is 10.2 Å². The van der Waals surface area contributed by atoms with Crippen LogP contribution in [0, 0.1) is 0 Å². The van der Waals surface area contributed by atoms with E-state index in [0.29, 0.717) is 6.04 Å². The number of halogens is 1. The van der Waals surface area contributed by atoms with Crippen molar-refractivity contribution in [2.45, 2.75) is 51.6 Å². The molecule has 1 aromatic rings. The molecule has 0 amide bonds. The van der Waals surface area contributed by atoms with Gasteiger partial charge in [-0.2, -0.15) is 0 Å². The van der Waals surface area contributed by atoms with Crippen LogP contribution in [-0.4, -0.2) is 24.6 Å². The first kappa shape index (κ1) is 14.6. The highest BCUT2D eigenvalue weighted by atomic mass is 35.5. The average molecular weight is 282 g/mol. The first-order valence-corrected chi connectivity index (χ1v) is 7.67. The Kier molecular flexibility index (Phi) is 5.46. The normalized spacial score (nSPS) is 14.7. The van der Waals surface area contributed by atoms with Crippen molar-refractivity contribution >= 4 is 17.4 Å². The molecule has 0 unspecified atom stereocenters. The molecule has 0 aromatic carbocycles. The van der Waals surface area contributed by atoms with Gasteiger partial charge in [0.25, 0.3) is 0 Å². The molecular weight excluding hydrogens is 258 g/mol. The van der Waals surface area contributed by atoms with Gasteiger partial charge in [-0.1, -0.05) is 31.4 Å². The summed E-state index contributed by atoms with van der Waals surface area (Å²) in [5, 5.41) is 4.26. The Balaban J connectivity index is 1.93. The lowest BCUT2D eigenvalue weighted by Crippen LogP contribution is -2.21. The molecule has 1 N–H and O–H groups in total. The molecule has 0 atom stereocenters. The fourth-order valence-electron chi connectivity index (χ4n) is 2.07. The maximum Gasteiger partial charge on any atom is 0.128 e. The minimum absolute atomic E-state index is 0.704. The number of hydrogen-bond acceptors (Lipinski definition) is 3. The van der Waals surface area contributed by atoms with Crippen LogP contribution in [-0.2, 0) is 6.54 Å². The highest BCUT2D eigenvalue weighted by molar-refractivity contribution is 6.31. The van der Waals surface area contributed by atoms with E-state index in [2.05, 4.69) is 35.2 Å². The third-order valence-electron chi connectivity index (χ3n) is 3.57. The lowest BCUT2D eigenvalue weighted by atomic mass is 10.2. The lowest BCUT2D eigenvalue weighted by molar-refractivity contribution is 0.684. The molecule has 1 aliphatic rings. The number of aromatic nitrogens is 1. The molecule has 1 aliphatic carbocycles.